The topological polar surface area (TPSA) is 17.1 Å². The monoisotopic (exact) mass is 300 g/mol. The summed E-state index contributed by atoms with van der Waals surface area (Å²) < 4.78 is 26.1. The van der Waals surface area contributed by atoms with E-state index in [1.54, 1.807) is 0 Å². The number of ketones is 1. The van der Waals surface area contributed by atoms with Gasteiger partial charge in [0.1, 0.15) is 11.6 Å². The first-order valence-electron chi connectivity index (χ1n) is 5.39. The lowest BCUT2D eigenvalue weighted by molar-refractivity contribution is 0.0993. The Bertz CT molecular complexity index is 641. The van der Waals surface area contributed by atoms with E-state index >= 15 is 0 Å². The lowest BCUT2D eigenvalue weighted by Gasteiger charge is -2.05. The molecule has 5 heteroatoms. The van der Waals surface area contributed by atoms with Gasteiger partial charge < -0.3 is 0 Å². The molecule has 0 unspecified atom stereocenters. The summed E-state index contributed by atoms with van der Waals surface area (Å²) in [5.41, 5.74) is 0.638. The van der Waals surface area contributed by atoms with Crippen LogP contribution >= 0.6 is 23.2 Å². The molecule has 0 radical (unpaired) electrons. The number of carbonyl (C=O) groups excluding carboxylic acids is 1. The minimum absolute atomic E-state index is 0.0709. The Kier molecular flexibility index (Phi) is 4.17. The van der Waals surface area contributed by atoms with Gasteiger partial charge in [-0.15, -0.1) is 0 Å². The summed E-state index contributed by atoms with van der Waals surface area (Å²) in [6.45, 7) is 0. The molecule has 2 aromatic carbocycles. The molecular formula is C14H8Cl2F2O. The fourth-order valence-corrected chi connectivity index (χ4v) is 1.99. The fourth-order valence-electron chi connectivity index (χ4n) is 1.62. The second kappa shape index (κ2) is 5.68. The van der Waals surface area contributed by atoms with E-state index in [4.69, 9.17) is 23.2 Å². The summed E-state index contributed by atoms with van der Waals surface area (Å²) in [6.07, 6.45) is -0.0709. The third-order valence-electron chi connectivity index (χ3n) is 2.60. The molecule has 0 aromatic heterocycles. The molecule has 0 fully saturated rings. The van der Waals surface area contributed by atoms with Crippen LogP contribution in [-0.4, -0.2) is 5.78 Å². The van der Waals surface area contributed by atoms with Gasteiger partial charge in [0.2, 0.25) is 0 Å². The van der Waals surface area contributed by atoms with Crippen molar-refractivity contribution in [2.24, 2.45) is 0 Å². The van der Waals surface area contributed by atoms with Crippen molar-refractivity contribution in [2.75, 3.05) is 0 Å². The van der Waals surface area contributed by atoms with Crippen LogP contribution in [-0.2, 0) is 6.42 Å². The van der Waals surface area contributed by atoms with E-state index in [1.165, 1.54) is 30.3 Å². The molecule has 0 amide bonds. The molecular weight excluding hydrogens is 293 g/mol. The van der Waals surface area contributed by atoms with E-state index in [0.29, 0.717) is 10.6 Å². The molecule has 0 atom stereocenters. The van der Waals surface area contributed by atoms with Crippen molar-refractivity contribution < 1.29 is 13.6 Å². The Morgan fingerprint density at radius 3 is 2.42 bits per heavy atom. The predicted molar refractivity (Wildman–Crippen MR) is 70.9 cm³/mol. The van der Waals surface area contributed by atoms with E-state index < -0.39 is 11.6 Å². The number of carbonyl (C=O) groups is 1. The maximum absolute atomic E-state index is 13.1. The van der Waals surface area contributed by atoms with E-state index in [2.05, 4.69) is 0 Å². The van der Waals surface area contributed by atoms with Crippen molar-refractivity contribution in [3.8, 4) is 0 Å². The van der Waals surface area contributed by atoms with Crippen molar-refractivity contribution in [3.63, 3.8) is 0 Å². The number of halogens is 4. The Balaban J connectivity index is 2.25. The molecule has 0 N–H and O–H groups in total. The van der Waals surface area contributed by atoms with Crippen molar-refractivity contribution >= 4 is 29.0 Å². The summed E-state index contributed by atoms with van der Waals surface area (Å²) in [5, 5.41) is 0.180. The maximum atomic E-state index is 13.1. The zero-order valence-electron chi connectivity index (χ0n) is 9.59. The average Bonchev–Trinajstić information content (AvgIpc) is 2.37. The van der Waals surface area contributed by atoms with Gasteiger partial charge in [0.05, 0.1) is 5.02 Å². The van der Waals surface area contributed by atoms with Gasteiger partial charge in [-0.25, -0.2) is 8.78 Å². The van der Waals surface area contributed by atoms with Crippen molar-refractivity contribution in [1.29, 1.82) is 0 Å². The lowest BCUT2D eigenvalue weighted by Crippen LogP contribution is -2.04. The third-order valence-corrected chi connectivity index (χ3v) is 3.26. The van der Waals surface area contributed by atoms with Gasteiger partial charge in [-0.05, 0) is 42.0 Å². The van der Waals surface area contributed by atoms with Crippen LogP contribution in [0.2, 0.25) is 10.0 Å². The van der Waals surface area contributed by atoms with Gasteiger partial charge in [-0.2, -0.15) is 0 Å². The molecule has 0 bridgehead atoms. The Morgan fingerprint density at radius 2 is 1.74 bits per heavy atom. The van der Waals surface area contributed by atoms with Crippen LogP contribution in [0.25, 0.3) is 0 Å². The number of rotatable bonds is 3. The molecule has 98 valence electrons. The van der Waals surface area contributed by atoms with E-state index in [1.807, 2.05) is 0 Å². The summed E-state index contributed by atoms with van der Waals surface area (Å²) in [7, 11) is 0. The highest BCUT2D eigenvalue weighted by atomic mass is 35.5. The SMILES string of the molecule is O=C(Cc1cc(F)ccc1Cl)c1ccc(F)c(Cl)c1. The highest BCUT2D eigenvalue weighted by molar-refractivity contribution is 6.32. The van der Waals surface area contributed by atoms with Gasteiger partial charge >= 0.3 is 0 Å². The first-order chi connectivity index (χ1) is 8.97. The minimum Gasteiger partial charge on any atom is -0.294 e. The van der Waals surface area contributed by atoms with E-state index in [-0.39, 0.29) is 22.8 Å². The molecule has 0 spiro atoms. The minimum atomic E-state index is -0.595. The lowest BCUT2D eigenvalue weighted by atomic mass is 10.0. The van der Waals surface area contributed by atoms with Gasteiger partial charge in [0.15, 0.2) is 5.78 Å². The summed E-state index contributed by atoms with van der Waals surface area (Å²) in [5.74, 6) is -1.37. The Hall–Kier alpha value is -1.45. The van der Waals surface area contributed by atoms with Crippen LogP contribution in [0.5, 0.6) is 0 Å². The number of benzene rings is 2. The molecule has 19 heavy (non-hydrogen) atoms. The Morgan fingerprint density at radius 1 is 1.00 bits per heavy atom. The average molecular weight is 301 g/mol. The molecule has 2 rings (SSSR count). The van der Waals surface area contributed by atoms with E-state index in [0.717, 1.165) is 6.07 Å². The summed E-state index contributed by atoms with van der Waals surface area (Å²) in [6, 6.07) is 7.49. The molecule has 0 saturated carbocycles. The predicted octanol–water partition coefficient (Wildman–Crippen LogP) is 4.70. The number of Topliss-reactive ketones (excluding diaryl/α,β-unsaturated/α-hetero) is 1. The second-order valence-electron chi connectivity index (χ2n) is 3.96. The van der Waals surface area contributed by atoms with Crippen LogP contribution in [0, 0.1) is 11.6 Å². The smallest absolute Gasteiger partial charge is 0.167 e. The van der Waals surface area contributed by atoms with Gasteiger partial charge in [0, 0.05) is 17.0 Å². The first-order valence-corrected chi connectivity index (χ1v) is 6.15. The van der Waals surface area contributed by atoms with Crippen LogP contribution in [0.15, 0.2) is 36.4 Å². The van der Waals surface area contributed by atoms with Crippen LogP contribution in [0.1, 0.15) is 15.9 Å². The molecule has 0 aliphatic rings. The summed E-state index contributed by atoms with van der Waals surface area (Å²) >= 11 is 11.5. The molecule has 0 heterocycles. The van der Waals surface area contributed by atoms with Crippen molar-refractivity contribution in [2.45, 2.75) is 6.42 Å². The fraction of sp³-hybridized carbons (Fsp3) is 0.0714. The largest absolute Gasteiger partial charge is 0.294 e. The van der Waals surface area contributed by atoms with Crippen LogP contribution < -0.4 is 0 Å². The maximum Gasteiger partial charge on any atom is 0.167 e. The van der Waals surface area contributed by atoms with Crippen molar-refractivity contribution in [3.05, 3.63) is 69.2 Å². The molecule has 2 aromatic rings. The highest BCUT2D eigenvalue weighted by Gasteiger charge is 2.12. The van der Waals surface area contributed by atoms with Gasteiger partial charge in [0.25, 0.3) is 0 Å². The Labute approximate surface area is 118 Å². The normalized spacial score (nSPS) is 10.5. The van der Waals surface area contributed by atoms with Crippen molar-refractivity contribution in [1.82, 2.24) is 0 Å². The molecule has 0 aliphatic carbocycles. The standard InChI is InChI=1S/C14H8Cl2F2O/c15-11-3-2-10(17)5-9(11)7-14(19)8-1-4-13(18)12(16)6-8/h1-6H,7H2. The van der Waals surface area contributed by atoms with Crippen LogP contribution in [0.3, 0.4) is 0 Å². The first kappa shape index (κ1) is 14.0. The van der Waals surface area contributed by atoms with E-state index in [9.17, 15) is 13.6 Å². The zero-order valence-corrected chi connectivity index (χ0v) is 11.1. The van der Waals surface area contributed by atoms with Crippen LogP contribution in [0.4, 0.5) is 8.78 Å². The molecule has 0 saturated heterocycles. The zero-order chi connectivity index (χ0) is 14.0. The number of hydrogen-bond donors (Lipinski definition) is 0. The molecule has 0 aliphatic heterocycles. The number of hydrogen-bond acceptors (Lipinski definition) is 1. The quantitative estimate of drug-likeness (QED) is 0.751. The highest BCUT2D eigenvalue weighted by Crippen LogP contribution is 2.21. The summed E-state index contributed by atoms with van der Waals surface area (Å²) in [4.78, 5) is 12.0. The molecule has 1 nitrogen and oxygen atoms in total. The second-order valence-corrected chi connectivity index (χ2v) is 4.78. The van der Waals surface area contributed by atoms with Gasteiger partial charge in [-0.3, -0.25) is 4.79 Å². The van der Waals surface area contributed by atoms with Gasteiger partial charge in [-0.1, -0.05) is 23.2 Å². The third kappa shape index (κ3) is 3.31.